The Morgan fingerprint density at radius 2 is 1.42 bits per heavy atom. The number of aryl methyl sites for hydroxylation is 1. The van der Waals surface area contributed by atoms with Crippen molar-refractivity contribution in [2.24, 2.45) is 0 Å². The highest BCUT2D eigenvalue weighted by molar-refractivity contribution is 9.10. The highest BCUT2D eigenvalue weighted by Gasteiger charge is 1.99. The molecule has 0 saturated carbocycles. The van der Waals surface area contributed by atoms with E-state index in [4.69, 9.17) is 9.47 Å². The Balaban J connectivity index is 1.77. The smallest absolute Gasteiger partial charge is 0.122 e. The van der Waals surface area contributed by atoms with E-state index in [0.717, 1.165) is 26.0 Å². The van der Waals surface area contributed by atoms with E-state index in [2.05, 4.69) is 31.9 Å². The molecule has 4 heteroatoms. The molecule has 0 bridgehead atoms. The maximum Gasteiger partial charge on any atom is 0.122 e. The maximum absolute atomic E-state index is 5.63. The summed E-state index contributed by atoms with van der Waals surface area (Å²) in [5.74, 6) is 1.71. The van der Waals surface area contributed by atoms with E-state index in [9.17, 15) is 0 Å². The van der Waals surface area contributed by atoms with Crippen LogP contribution in [0, 0.1) is 6.92 Å². The van der Waals surface area contributed by atoms with Crippen LogP contribution in [0.25, 0.3) is 0 Å². The third-order valence-electron chi connectivity index (χ3n) is 2.56. The van der Waals surface area contributed by atoms with Crippen molar-refractivity contribution in [3.05, 3.63) is 57.0 Å². The topological polar surface area (TPSA) is 18.5 Å². The van der Waals surface area contributed by atoms with E-state index in [1.165, 1.54) is 0 Å². The molecule has 0 aliphatic heterocycles. The van der Waals surface area contributed by atoms with Crippen LogP contribution in [0.5, 0.6) is 11.5 Å². The lowest BCUT2D eigenvalue weighted by molar-refractivity contribution is 0.217. The van der Waals surface area contributed by atoms with Gasteiger partial charge in [0.15, 0.2) is 0 Å². The van der Waals surface area contributed by atoms with E-state index in [-0.39, 0.29) is 0 Å². The zero-order chi connectivity index (χ0) is 13.7. The quantitative estimate of drug-likeness (QED) is 0.676. The first-order chi connectivity index (χ1) is 9.15. The first kappa shape index (κ1) is 14.4. The van der Waals surface area contributed by atoms with Crippen molar-refractivity contribution in [3.63, 3.8) is 0 Å². The first-order valence-corrected chi connectivity index (χ1v) is 7.51. The lowest BCUT2D eigenvalue weighted by atomic mass is 10.2. The normalized spacial score (nSPS) is 10.3. The van der Waals surface area contributed by atoms with Gasteiger partial charge >= 0.3 is 0 Å². The fraction of sp³-hybridized carbons (Fsp3) is 0.200. The Labute approximate surface area is 130 Å². The van der Waals surface area contributed by atoms with Crippen molar-refractivity contribution in [1.82, 2.24) is 0 Å². The van der Waals surface area contributed by atoms with Crippen molar-refractivity contribution in [3.8, 4) is 11.5 Å². The van der Waals surface area contributed by atoms with Crippen molar-refractivity contribution < 1.29 is 9.47 Å². The number of hydrogen-bond acceptors (Lipinski definition) is 2. The van der Waals surface area contributed by atoms with Crippen LogP contribution < -0.4 is 9.47 Å². The molecule has 0 aliphatic rings. The molecule has 0 radical (unpaired) electrons. The highest BCUT2D eigenvalue weighted by atomic mass is 79.9. The van der Waals surface area contributed by atoms with Crippen LogP contribution in [0.4, 0.5) is 0 Å². The summed E-state index contributed by atoms with van der Waals surface area (Å²) in [6, 6.07) is 13.7. The summed E-state index contributed by atoms with van der Waals surface area (Å²) in [7, 11) is 0. The van der Waals surface area contributed by atoms with E-state index in [1.54, 1.807) is 0 Å². The van der Waals surface area contributed by atoms with E-state index < -0.39 is 0 Å². The molecule has 0 N–H and O–H groups in total. The largest absolute Gasteiger partial charge is 0.490 e. The molecule has 0 saturated heterocycles. The van der Waals surface area contributed by atoms with Gasteiger partial charge in [-0.3, -0.25) is 0 Å². The lowest BCUT2D eigenvalue weighted by Crippen LogP contribution is -2.08. The summed E-state index contributed by atoms with van der Waals surface area (Å²) >= 11 is 6.85. The van der Waals surface area contributed by atoms with Crippen LogP contribution in [0.3, 0.4) is 0 Å². The lowest BCUT2D eigenvalue weighted by Gasteiger charge is -2.09. The molecule has 2 aromatic rings. The second kappa shape index (κ2) is 6.96. The molecule has 0 heterocycles. The summed E-state index contributed by atoms with van der Waals surface area (Å²) in [6.45, 7) is 3.09. The molecule has 0 aromatic heterocycles. The highest BCUT2D eigenvalue weighted by Crippen LogP contribution is 2.21. The zero-order valence-corrected chi connectivity index (χ0v) is 13.7. The predicted octanol–water partition coefficient (Wildman–Crippen LogP) is 4.98. The van der Waals surface area contributed by atoms with Crippen LogP contribution >= 0.6 is 31.9 Å². The number of rotatable bonds is 5. The molecule has 0 atom stereocenters. The Kier molecular flexibility index (Phi) is 5.28. The van der Waals surface area contributed by atoms with Crippen molar-refractivity contribution >= 4 is 31.9 Å². The van der Waals surface area contributed by atoms with Gasteiger partial charge in [-0.25, -0.2) is 0 Å². The van der Waals surface area contributed by atoms with Crippen LogP contribution in [0.2, 0.25) is 0 Å². The molecule has 2 nitrogen and oxygen atoms in total. The minimum Gasteiger partial charge on any atom is -0.490 e. The van der Waals surface area contributed by atoms with Crippen LogP contribution in [0.1, 0.15) is 5.56 Å². The zero-order valence-electron chi connectivity index (χ0n) is 10.5. The molecule has 0 fully saturated rings. The first-order valence-electron chi connectivity index (χ1n) is 5.92. The van der Waals surface area contributed by atoms with Gasteiger partial charge in [-0.2, -0.15) is 0 Å². The Morgan fingerprint density at radius 3 is 2.05 bits per heavy atom. The third-order valence-corrected chi connectivity index (χ3v) is 3.98. The second-order valence-electron chi connectivity index (χ2n) is 4.06. The fourth-order valence-corrected chi connectivity index (χ4v) is 2.07. The second-order valence-corrected chi connectivity index (χ2v) is 5.83. The van der Waals surface area contributed by atoms with Gasteiger partial charge in [0.2, 0.25) is 0 Å². The molecule has 0 spiro atoms. The molecule has 0 aliphatic carbocycles. The van der Waals surface area contributed by atoms with Gasteiger partial charge in [0, 0.05) is 8.95 Å². The van der Waals surface area contributed by atoms with Crippen LogP contribution in [0.15, 0.2) is 51.4 Å². The number of benzene rings is 2. The maximum atomic E-state index is 5.63. The van der Waals surface area contributed by atoms with Crippen molar-refractivity contribution in [1.29, 1.82) is 0 Å². The van der Waals surface area contributed by atoms with Crippen molar-refractivity contribution in [2.75, 3.05) is 13.2 Å². The molecule has 0 amide bonds. The van der Waals surface area contributed by atoms with E-state index in [0.29, 0.717) is 13.2 Å². The van der Waals surface area contributed by atoms with Gasteiger partial charge in [-0.15, -0.1) is 0 Å². The van der Waals surface area contributed by atoms with Gasteiger partial charge in [0.1, 0.15) is 24.7 Å². The Bertz CT molecular complexity index is 538. The molecule has 2 rings (SSSR count). The van der Waals surface area contributed by atoms with Gasteiger partial charge in [-0.1, -0.05) is 31.9 Å². The molecule has 2 aromatic carbocycles. The fourth-order valence-electron chi connectivity index (χ4n) is 1.56. The summed E-state index contributed by atoms with van der Waals surface area (Å²) in [5, 5.41) is 0. The van der Waals surface area contributed by atoms with Crippen LogP contribution in [-0.2, 0) is 0 Å². The molecule has 0 unspecified atom stereocenters. The van der Waals surface area contributed by atoms with E-state index >= 15 is 0 Å². The predicted molar refractivity (Wildman–Crippen MR) is 84.0 cm³/mol. The molecule has 100 valence electrons. The van der Waals surface area contributed by atoms with Crippen LogP contribution in [-0.4, -0.2) is 13.2 Å². The molecule has 19 heavy (non-hydrogen) atoms. The number of ether oxygens (including phenoxy) is 2. The summed E-state index contributed by atoms with van der Waals surface area (Å²) in [5.41, 5.74) is 1.16. The number of hydrogen-bond donors (Lipinski definition) is 0. The SMILES string of the molecule is Cc1cc(OCCOc2ccc(Br)cc2)ccc1Br. The standard InChI is InChI=1S/C15H14Br2O2/c1-11-10-14(6-7-15(11)17)19-9-8-18-13-4-2-12(16)3-5-13/h2-7,10H,8-9H2,1H3. The minimum absolute atomic E-state index is 0.525. The number of halogens is 2. The molecular weight excluding hydrogens is 372 g/mol. The summed E-state index contributed by atoms with van der Waals surface area (Å²) < 4.78 is 13.3. The molecular formula is C15H14Br2O2. The summed E-state index contributed by atoms with van der Waals surface area (Å²) in [6.07, 6.45) is 0. The Morgan fingerprint density at radius 1 is 0.842 bits per heavy atom. The monoisotopic (exact) mass is 384 g/mol. The van der Waals surface area contributed by atoms with Gasteiger partial charge in [0.05, 0.1) is 0 Å². The average molecular weight is 386 g/mol. The van der Waals surface area contributed by atoms with E-state index in [1.807, 2.05) is 49.4 Å². The average Bonchev–Trinajstić information content (AvgIpc) is 2.41. The van der Waals surface area contributed by atoms with Gasteiger partial charge in [0.25, 0.3) is 0 Å². The van der Waals surface area contributed by atoms with Gasteiger partial charge in [-0.05, 0) is 55.0 Å². The van der Waals surface area contributed by atoms with Gasteiger partial charge < -0.3 is 9.47 Å². The minimum atomic E-state index is 0.525. The summed E-state index contributed by atoms with van der Waals surface area (Å²) in [4.78, 5) is 0. The van der Waals surface area contributed by atoms with Crippen molar-refractivity contribution in [2.45, 2.75) is 6.92 Å². The third kappa shape index (κ3) is 4.55. The Hall–Kier alpha value is -1.00.